The minimum absolute atomic E-state index is 0.283. The molecule has 3 rings (SSSR count). The van der Waals surface area contributed by atoms with E-state index in [0.29, 0.717) is 13.0 Å². The summed E-state index contributed by atoms with van der Waals surface area (Å²) in [4.78, 5) is 22.3. The quantitative estimate of drug-likeness (QED) is 0.737. The average molecular weight is 230 g/mol. The standard InChI is InChI=1S/C12H14N4O/c1-15-8-14-11-10(15)4-5-13-12(11)16-6-2-3-9(17)7-16/h4-5,8H,2-3,6-7H2,1H3. The molecule has 88 valence electrons. The lowest BCUT2D eigenvalue weighted by molar-refractivity contribution is -0.118. The molecule has 2 aromatic rings. The Kier molecular flexibility index (Phi) is 2.31. The number of pyridine rings is 1. The zero-order valence-corrected chi connectivity index (χ0v) is 9.76. The van der Waals surface area contributed by atoms with Crippen molar-refractivity contribution >= 4 is 22.6 Å². The van der Waals surface area contributed by atoms with Crippen LogP contribution in [-0.4, -0.2) is 33.4 Å². The number of imidazole rings is 1. The summed E-state index contributed by atoms with van der Waals surface area (Å²) in [5.74, 6) is 1.11. The van der Waals surface area contributed by atoms with Crippen LogP contribution in [0.5, 0.6) is 0 Å². The molecule has 0 aliphatic carbocycles. The number of carbonyl (C=O) groups is 1. The lowest BCUT2D eigenvalue weighted by Gasteiger charge is -2.26. The van der Waals surface area contributed by atoms with Crippen molar-refractivity contribution in [1.82, 2.24) is 14.5 Å². The smallest absolute Gasteiger partial charge is 0.157 e. The molecule has 3 heterocycles. The molecule has 5 heteroatoms. The Balaban J connectivity index is 2.07. The second-order valence-corrected chi connectivity index (χ2v) is 4.42. The van der Waals surface area contributed by atoms with Crippen LogP contribution in [0.4, 0.5) is 5.82 Å². The predicted molar refractivity (Wildman–Crippen MR) is 65.0 cm³/mol. The fourth-order valence-corrected chi connectivity index (χ4v) is 2.30. The van der Waals surface area contributed by atoms with Gasteiger partial charge in [0, 0.05) is 26.2 Å². The maximum Gasteiger partial charge on any atom is 0.157 e. The third-order valence-corrected chi connectivity index (χ3v) is 3.17. The first-order valence-electron chi connectivity index (χ1n) is 5.78. The average Bonchev–Trinajstić information content (AvgIpc) is 2.71. The number of rotatable bonds is 1. The van der Waals surface area contributed by atoms with Gasteiger partial charge in [0.1, 0.15) is 5.52 Å². The van der Waals surface area contributed by atoms with Crippen LogP contribution in [0.25, 0.3) is 11.0 Å². The fourth-order valence-electron chi connectivity index (χ4n) is 2.30. The van der Waals surface area contributed by atoms with Gasteiger partial charge in [0.15, 0.2) is 11.6 Å². The molecule has 0 atom stereocenters. The van der Waals surface area contributed by atoms with Gasteiger partial charge in [-0.2, -0.15) is 0 Å². The molecule has 0 saturated carbocycles. The molecule has 1 fully saturated rings. The molecule has 2 aromatic heterocycles. The molecule has 0 aromatic carbocycles. The SMILES string of the molecule is Cn1cnc2c(N3CCCC(=O)C3)nccc21. The number of aromatic nitrogens is 3. The van der Waals surface area contributed by atoms with Crippen LogP contribution in [0.1, 0.15) is 12.8 Å². The Labute approximate surface area is 99.1 Å². The summed E-state index contributed by atoms with van der Waals surface area (Å²) < 4.78 is 1.96. The summed E-state index contributed by atoms with van der Waals surface area (Å²) >= 11 is 0. The summed E-state index contributed by atoms with van der Waals surface area (Å²) in [5, 5.41) is 0. The monoisotopic (exact) mass is 230 g/mol. The molecule has 17 heavy (non-hydrogen) atoms. The van der Waals surface area contributed by atoms with E-state index in [2.05, 4.69) is 9.97 Å². The highest BCUT2D eigenvalue weighted by Gasteiger charge is 2.20. The zero-order chi connectivity index (χ0) is 11.8. The van der Waals surface area contributed by atoms with Gasteiger partial charge in [-0.3, -0.25) is 4.79 Å². The second kappa shape index (κ2) is 3.84. The lowest BCUT2D eigenvalue weighted by atomic mass is 10.1. The summed E-state index contributed by atoms with van der Waals surface area (Å²) in [5.41, 5.74) is 1.93. The molecule has 0 unspecified atom stereocenters. The molecular weight excluding hydrogens is 216 g/mol. The van der Waals surface area contributed by atoms with Gasteiger partial charge >= 0.3 is 0 Å². The third kappa shape index (κ3) is 1.67. The number of anilines is 1. The Morgan fingerprint density at radius 2 is 2.24 bits per heavy atom. The first-order valence-corrected chi connectivity index (χ1v) is 5.78. The number of aryl methyl sites for hydroxylation is 1. The molecule has 0 spiro atoms. The number of Topliss-reactive ketones (excluding diaryl/α,β-unsaturated/α-hetero) is 1. The van der Waals surface area contributed by atoms with Gasteiger partial charge < -0.3 is 9.47 Å². The van der Waals surface area contributed by atoms with E-state index >= 15 is 0 Å². The number of piperidine rings is 1. The van der Waals surface area contributed by atoms with Crippen molar-refractivity contribution in [2.75, 3.05) is 18.0 Å². The second-order valence-electron chi connectivity index (χ2n) is 4.42. The topological polar surface area (TPSA) is 51.0 Å². The minimum atomic E-state index is 0.283. The van der Waals surface area contributed by atoms with E-state index in [9.17, 15) is 4.79 Å². The fraction of sp³-hybridized carbons (Fsp3) is 0.417. The van der Waals surface area contributed by atoms with E-state index in [4.69, 9.17) is 0 Å². The van der Waals surface area contributed by atoms with Crippen molar-refractivity contribution in [2.24, 2.45) is 7.05 Å². The number of carbonyl (C=O) groups excluding carboxylic acids is 1. The molecule has 0 amide bonds. The third-order valence-electron chi connectivity index (χ3n) is 3.17. The van der Waals surface area contributed by atoms with Crippen molar-refractivity contribution in [1.29, 1.82) is 0 Å². The van der Waals surface area contributed by atoms with E-state index in [1.54, 1.807) is 12.5 Å². The van der Waals surface area contributed by atoms with Crippen LogP contribution in [0.15, 0.2) is 18.6 Å². The highest BCUT2D eigenvalue weighted by molar-refractivity contribution is 5.90. The Morgan fingerprint density at radius 1 is 1.35 bits per heavy atom. The van der Waals surface area contributed by atoms with Gasteiger partial charge in [0.2, 0.25) is 0 Å². The maximum atomic E-state index is 11.5. The van der Waals surface area contributed by atoms with E-state index in [-0.39, 0.29) is 5.78 Å². The van der Waals surface area contributed by atoms with Gasteiger partial charge in [0.05, 0.1) is 18.4 Å². The van der Waals surface area contributed by atoms with Gasteiger partial charge in [0.25, 0.3) is 0 Å². The van der Waals surface area contributed by atoms with E-state index in [0.717, 1.165) is 29.8 Å². The van der Waals surface area contributed by atoms with Crippen LogP contribution < -0.4 is 4.90 Å². The number of nitrogens with zero attached hydrogens (tertiary/aromatic N) is 4. The molecular formula is C12H14N4O. The molecule has 0 bridgehead atoms. The minimum Gasteiger partial charge on any atom is -0.347 e. The highest BCUT2D eigenvalue weighted by Crippen LogP contribution is 2.24. The first-order chi connectivity index (χ1) is 8.25. The van der Waals surface area contributed by atoms with Crippen molar-refractivity contribution in [3.8, 4) is 0 Å². The van der Waals surface area contributed by atoms with E-state index in [1.807, 2.05) is 22.6 Å². The molecule has 0 radical (unpaired) electrons. The first kappa shape index (κ1) is 10.3. The summed E-state index contributed by atoms with van der Waals surface area (Å²) in [6, 6.07) is 1.94. The number of hydrogen-bond donors (Lipinski definition) is 0. The maximum absolute atomic E-state index is 11.5. The van der Waals surface area contributed by atoms with Gasteiger partial charge in [-0.05, 0) is 12.5 Å². The van der Waals surface area contributed by atoms with E-state index in [1.165, 1.54) is 0 Å². The summed E-state index contributed by atoms with van der Waals surface area (Å²) in [7, 11) is 1.96. The van der Waals surface area contributed by atoms with Gasteiger partial charge in [-0.25, -0.2) is 9.97 Å². The molecule has 1 aliphatic rings. The number of ketones is 1. The molecule has 1 aliphatic heterocycles. The van der Waals surface area contributed by atoms with Crippen molar-refractivity contribution in [2.45, 2.75) is 12.8 Å². The Hall–Kier alpha value is -1.91. The van der Waals surface area contributed by atoms with Gasteiger partial charge in [-0.1, -0.05) is 0 Å². The van der Waals surface area contributed by atoms with Crippen LogP contribution in [0, 0.1) is 0 Å². The highest BCUT2D eigenvalue weighted by atomic mass is 16.1. The van der Waals surface area contributed by atoms with Crippen LogP contribution in [0.2, 0.25) is 0 Å². The van der Waals surface area contributed by atoms with Crippen LogP contribution in [-0.2, 0) is 11.8 Å². The molecule has 1 saturated heterocycles. The normalized spacial score (nSPS) is 16.8. The van der Waals surface area contributed by atoms with Gasteiger partial charge in [-0.15, -0.1) is 0 Å². The zero-order valence-electron chi connectivity index (χ0n) is 9.76. The predicted octanol–water partition coefficient (Wildman–Crippen LogP) is 1.14. The Bertz CT molecular complexity index is 575. The lowest BCUT2D eigenvalue weighted by Crippen LogP contribution is -2.36. The summed E-state index contributed by atoms with van der Waals surface area (Å²) in [6.07, 6.45) is 5.15. The molecule has 5 nitrogen and oxygen atoms in total. The largest absolute Gasteiger partial charge is 0.347 e. The van der Waals surface area contributed by atoms with Crippen molar-refractivity contribution in [3.05, 3.63) is 18.6 Å². The van der Waals surface area contributed by atoms with Crippen molar-refractivity contribution in [3.63, 3.8) is 0 Å². The van der Waals surface area contributed by atoms with Crippen molar-refractivity contribution < 1.29 is 4.79 Å². The number of hydrogen-bond acceptors (Lipinski definition) is 4. The molecule has 0 N–H and O–H groups in total. The summed E-state index contributed by atoms with van der Waals surface area (Å²) in [6.45, 7) is 1.34. The van der Waals surface area contributed by atoms with Crippen LogP contribution in [0.3, 0.4) is 0 Å². The Morgan fingerprint density at radius 3 is 3.06 bits per heavy atom. The number of fused-ring (bicyclic) bond motifs is 1. The van der Waals surface area contributed by atoms with E-state index < -0.39 is 0 Å². The van der Waals surface area contributed by atoms with Crippen LogP contribution >= 0.6 is 0 Å².